The van der Waals surface area contributed by atoms with Crippen molar-refractivity contribution in [3.8, 4) is 22.5 Å². The maximum atomic E-state index is 2.44. The predicted molar refractivity (Wildman–Crippen MR) is 231 cm³/mol. The molecule has 8 aromatic carbocycles. The topological polar surface area (TPSA) is 13.1 Å². The number of thiophene rings is 1. The fourth-order valence-corrected chi connectivity index (χ4v) is 9.63. The number of rotatable bonds is 6. The van der Waals surface area contributed by atoms with Crippen LogP contribution < -0.4 is 4.90 Å². The highest BCUT2D eigenvalue weighted by molar-refractivity contribution is 7.27. The van der Waals surface area contributed by atoms with E-state index in [0.717, 1.165) is 22.7 Å². The van der Waals surface area contributed by atoms with Gasteiger partial charge in [0.1, 0.15) is 0 Å². The third kappa shape index (κ3) is 4.74. The molecule has 3 aromatic heterocycles. The summed E-state index contributed by atoms with van der Waals surface area (Å²) >= 11 is 1.89. The van der Waals surface area contributed by atoms with Crippen LogP contribution in [0.25, 0.3) is 75.5 Å². The molecule has 11 rings (SSSR count). The zero-order chi connectivity index (χ0) is 35.6. The molecule has 0 saturated heterocycles. The van der Waals surface area contributed by atoms with Crippen LogP contribution in [0.1, 0.15) is 0 Å². The molecule has 0 fully saturated rings. The lowest BCUT2D eigenvalue weighted by molar-refractivity contribution is 1.17. The zero-order valence-electron chi connectivity index (χ0n) is 29.3. The van der Waals surface area contributed by atoms with Crippen molar-refractivity contribution >= 4 is 81.4 Å². The van der Waals surface area contributed by atoms with E-state index >= 15 is 0 Å². The third-order valence-electron chi connectivity index (χ3n) is 10.7. The van der Waals surface area contributed by atoms with E-state index in [1.807, 2.05) is 11.3 Å². The second-order valence-electron chi connectivity index (χ2n) is 13.8. The Morgan fingerprint density at radius 1 is 0.333 bits per heavy atom. The molecule has 4 heteroatoms. The molecule has 0 amide bonds. The first-order chi connectivity index (χ1) is 26.8. The fraction of sp³-hybridized carbons (Fsp3) is 0. The van der Waals surface area contributed by atoms with Crippen molar-refractivity contribution in [3.05, 3.63) is 200 Å². The van der Waals surface area contributed by atoms with E-state index in [1.54, 1.807) is 0 Å². The summed E-state index contributed by atoms with van der Waals surface area (Å²) in [4.78, 5) is 2.43. The molecule has 3 nitrogen and oxygen atoms in total. The van der Waals surface area contributed by atoms with E-state index < -0.39 is 0 Å². The third-order valence-corrected chi connectivity index (χ3v) is 12.0. The van der Waals surface area contributed by atoms with E-state index in [0.29, 0.717) is 0 Å². The lowest BCUT2D eigenvalue weighted by Gasteiger charge is -2.26. The largest absolute Gasteiger partial charge is 0.309 e. The minimum absolute atomic E-state index is 1.10. The van der Waals surface area contributed by atoms with Gasteiger partial charge in [0, 0.05) is 44.3 Å². The van der Waals surface area contributed by atoms with Gasteiger partial charge in [-0.25, -0.2) is 0 Å². The molecule has 0 bridgehead atoms. The maximum absolute atomic E-state index is 2.44. The standard InChI is InChI=1S/C50H33N3S/c1-3-14-34(15-4-1)35-26-28-37(29-27-35)51(38-30-32-39(33-31-38)52-44-22-10-7-18-40(44)41-19-8-11-23-45(41)52)47-25-13-21-43-48-50(54-49(43)47)42-20-9-12-24-46(42)53(48)36-16-5-2-6-17-36/h1-33H. The summed E-state index contributed by atoms with van der Waals surface area (Å²) in [5.74, 6) is 0. The molecule has 254 valence electrons. The van der Waals surface area contributed by atoms with Crippen molar-refractivity contribution < 1.29 is 0 Å². The van der Waals surface area contributed by atoms with Crippen molar-refractivity contribution in [1.29, 1.82) is 0 Å². The van der Waals surface area contributed by atoms with Crippen LogP contribution in [-0.2, 0) is 0 Å². The molecule has 11 aromatic rings. The van der Waals surface area contributed by atoms with Crippen LogP contribution in [0.5, 0.6) is 0 Å². The molecule has 0 unspecified atom stereocenters. The lowest BCUT2D eigenvalue weighted by atomic mass is 10.0. The molecule has 0 spiro atoms. The number of nitrogens with zero attached hydrogens (tertiary/aromatic N) is 3. The van der Waals surface area contributed by atoms with E-state index in [-0.39, 0.29) is 0 Å². The number of hydrogen-bond acceptors (Lipinski definition) is 2. The first-order valence-electron chi connectivity index (χ1n) is 18.4. The van der Waals surface area contributed by atoms with Crippen molar-refractivity contribution in [2.45, 2.75) is 0 Å². The van der Waals surface area contributed by atoms with Gasteiger partial charge >= 0.3 is 0 Å². The first-order valence-corrected chi connectivity index (χ1v) is 19.2. The van der Waals surface area contributed by atoms with Crippen LogP contribution in [0.15, 0.2) is 200 Å². The number of anilines is 3. The quantitative estimate of drug-likeness (QED) is 0.168. The Kier molecular flexibility index (Phi) is 7.04. The van der Waals surface area contributed by atoms with E-state index in [4.69, 9.17) is 0 Å². The van der Waals surface area contributed by atoms with Gasteiger partial charge in [0.05, 0.1) is 37.2 Å². The number of para-hydroxylation sites is 4. The number of fused-ring (bicyclic) bond motifs is 8. The van der Waals surface area contributed by atoms with Crippen LogP contribution in [0, 0.1) is 0 Å². The molecule has 0 atom stereocenters. The van der Waals surface area contributed by atoms with Gasteiger partial charge in [0.25, 0.3) is 0 Å². The van der Waals surface area contributed by atoms with Gasteiger partial charge in [-0.15, -0.1) is 11.3 Å². The smallest absolute Gasteiger partial charge is 0.0728 e. The molecular weight excluding hydrogens is 675 g/mol. The van der Waals surface area contributed by atoms with Crippen LogP contribution in [0.4, 0.5) is 17.1 Å². The minimum atomic E-state index is 1.10. The van der Waals surface area contributed by atoms with Crippen LogP contribution in [0.2, 0.25) is 0 Å². The second-order valence-corrected chi connectivity index (χ2v) is 14.8. The predicted octanol–water partition coefficient (Wildman–Crippen LogP) is 14.2. The summed E-state index contributed by atoms with van der Waals surface area (Å²) in [5.41, 5.74) is 13.0. The van der Waals surface area contributed by atoms with Crippen LogP contribution in [0.3, 0.4) is 0 Å². The zero-order valence-corrected chi connectivity index (χ0v) is 30.1. The van der Waals surface area contributed by atoms with E-state index in [2.05, 4.69) is 214 Å². The molecule has 0 aliphatic carbocycles. The molecule has 3 heterocycles. The summed E-state index contributed by atoms with van der Waals surface area (Å²) in [7, 11) is 0. The normalized spacial score (nSPS) is 11.7. The van der Waals surface area contributed by atoms with Crippen LogP contribution >= 0.6 is 11.3 Å². The molecule has 0 radical (unpaired) electrons. The van der Waals surface area contributed by atoms with Gasteiger partial charge in [0.15, 0.2) is 0 Å². The Bertz CT molecular complexity index is 3080. The van der Waals surface area contributed by atoms with Crippen molar-refractivity contribution in [3.63, 3.8) is 0 Å². The summed E-state index contributed by atoms with van der Waals surface area (Å²) in [6, 6.07) is 72.4. The molecule has 0 saturated carbocycles. The molecule has 0 N–H and O–H groups in total. The van der Waals surface area contributed by atoms with Gasteiger partial charge in [0.2, 0.25) is 0 Å². The molecule has 0 aliphatic rings. The minimum Gasteiger partial charge on any atom is -0.309 e. The number of hydrogen-bond donors (Lipinski definition) is 0. The Morgan fingerprint density at radius 2 is 0.815 bits per heavy atom. The Balaban J connectivity index is 1.12. The van der Waals surface area contributed by atoms with Gasteiger partial charge in [-0.3, -0.25) is 0 Å². The monoisotopic (exact) mass is 707 g/mol. The summed E-state index contributed by atoms with van der Waals surface area (Å²) in [5, 5.41) is 5.06. The fourth-order valence-electron chi connectivity index (χ4n) is 8.31. The highest BCUT2D eigenvalue weighted by Gasteiger charge is 2.23. The van der Waals surface area contributed by atoms with Crippen LogP contribution in [-0.4, -0.2) is 9.13 Å². The Hall–Kier alpha value is -6.88. The van der Waals surface area contributed by atoms with E-state index in [9.17, 15) is 0 Å². The summed E-state index contributed by atoms with van der Waals surface area (Å²) in [6.45, 7) is 0. The maximum Gasteiger partial charge on any atom is 0.0728 e. The summed E-state index contributed by atoms with van der Waals surface area (Å²) in [6.07, 6.45) is 0. The highest BCUT2D eigenvalue weighted by Crippen LogP contribution is 2.48. The average Bonchev–Trinajstić information content (AvgIpc) is 3.90. The van der Waals surface area contributed by atoms with Crippen molar-refractivity contribution in [2.24, 2.45) is 0 Å². The van der Waals surface area contributed by atoms with Gasteiger partial charge < -0.3 is 14.0 Å². The van der Waals surface area contributed by atoms with Gasteiger partial charge in [-0.05, 0) is 83.9 Å². The first kappa shape index (κ1) is 30.7. The summed E-state index contributed by atoms with van der Waals surface area (Å²) < 4.78 is 7.38. The molecule has 54 heavy (non-hydrogen) atoms. The Labute approximate surface area is 316 Å². The van der Waals surface area contributed by atoms with Crippen molar-refractivity contribution in [1.82, 2.24) is 9.13 Å². The molecular formula is C50H33N3S. The highest BCUT2D eigenvalue weighted by atomic mass is 32.1. The lowest BCUT2D eigenvalue weighted by Crippen LogP contribution is -2.10. The van der Waals surface area contributed by atoms with Crippen molar-refractivity contribution in [2.75, 3.05) is 4.90 Å². The second kappa shape index (κ2) is 12.4. The average molecular weight is 708 g/mol. The van der Waals surface area contributed by atoms with E-state index in [1.165, 1.54) is 69.8 Å². The molecule has 0 aliphatic heterocycles. The van der Waals surface area contributed by atoms with Gasteiger partial charge in [-0.2, -0.15) is 0 Å². The number of benzene rings is 8. The Morgan fingerprint density at radius 3 is 1.46 bits per heavy atom. The number of aromatic nitrogens is 2. The SMILES string of the molecule is c1ccc(-c2ccc(N(c3ccc(-n4c5ccccc5c5ccccc54)cc3)c3cccc4c3sc3c5ccccc5n(-c5ccccc5)c43)cc2)cc1. The van der Waals surface area contributed by atoms with Gasteiger partial charge in [-0.1, -0.05) is 127 Å².